The quantitative estimate of drug-likeness (QED) is 0.179. The lowest BCUT2D eigenvalue weighted by atomic mass is 9.82. The number of aliphatic hydroxyl groups is 1. The third-order valence-corrected chi connectivity index (χ3v) is 7.99. The zero-order valence-electron chi connectivity index (χ0n) is 18.0. The van der Waals surface area contributed by atoms with Crippen LogP contribution in [-0.4, -0.2) is 55.3 Å². The van der Waals surface area contributed by atoms with Gasteiger partial charge in [-0.2, -0.15) is 8.42 Å². The summed E-state index contributed by atoms with van der Waals surface area (Å²) >= 11 is 0. The Kier molecular flexibility index (Phi) is 6.22. The van der Waals surface area contributed by atoms with E-state index >= 15 is 0 Å². The summed E-state index contributed by atoms with van der Waals surface area (Å²) in [5.41, 5.74) is -3.23. The van der Waals surface area contributed by atoms with Gasteiger partial charge in [-0.05, 0) is 24.3 Å². The second-order valence-corrected chi connectivity index (χ2v) is 11.2. The fourth-order valence-corrected chi connectivity index (χ4v) is 5.65. The molecule has 3 N–H and O–H groups in total. The van der Waals surface area contributed by atoms with E-state index in [9.17, 15) is 41.1 Å². The smallest absolute Gasteiger partial charge is 0.302 e. The van der Waals surface area contributed by atoms with Gasteiger partial charge in [0.15, 0.2) is 20.5 Å². The van der Waals surface area contributed by atoms with Crippen molar-refractivity contribution in [1.82, 2.24) is 0 Å². The fourth-order valence-electron chi connectivity index (χ4n) is 3.89. The van der Waals surface area contributed by atoms with Crippen molar-refractivity contribution in [3.8, 4) is 0 Å². The van der Waals surface area contributed by atoms with Crippen LogP contribution in [0.1, 0.15) is 31.8 Å². The first-order valence-corrected chi connectivity index (χ1v) is 13.2. The molecule has 0 amide bonds. The molecule has 186 valence electrons. The van der Waals surface area contributed by atoms with Crippen LogP contribution in [0.15, 0.2) is 64.4 Å². The minimum absolute atomic E-state index is 0.0189. The molecule has 0 unspecified atom stereocenters. The lowest BCUT2D eigenvalue weighted by Crippen LogP contribution is -2.25. The van der Waals surface area contributed by atoms with E-state index in [1.165, 1.54) is 42.5 Å². The Bertz CT molecular complexity index is 1680. The maximum atomic E-state index is 13.4. The summed E-state index contributed by atoms with van der Waals surface area (Å²) in [7, 11) is -9.14. The second kappa shape index (κ2) is 8.91. The maximum Gasteiger partial charge on any atom is 0.302 e. The minimum atomic E-state index is -5.25. The number of anilines is 2. The molecule has 0 spiro atoms. The van der Waals surface area contributed by atoms with Gasteiger partial charge in [-0.3, -0.25) is 24.3 Å². The Morgan fingerprint density at radius 3 is 2.06 bits per heavy atom. The van der Waals surface area contributed by atoms with Crippen molar-refractivity contribution in [2.45, 2.75) is 9.79 Å². The van der Waals surface area contributed by atoms with Crippen molar-refractivity contribution in [2.24, 2.45) is 0 Å². The molecule has 0 radical (unpaired) electrons. The highest BCUT2D eigenvalue weighted by atomic mass is 32.2. The Morgan fingerprint density at radius 2 is 1.50 bits per heavy atom. The van der Waals surface area contributed by atoms with Gasteiger partial charge in [0.1, 0.15) is 5.56 Å². The molecule has 0 atom stereocenters. The largest absolute Gasteiger partial charge is 0.395 e. The number of ketones is 2. The van der Waals surface area contributed by atoms with Crippen LogP contribution < -0.4 is 5.32 Å². The van der Waals surface area contributed by atoms with Gasteiger partial charge in [0.25, 0.3) is 0 Å². The van der Waals surface area contributed by atoms with Gasteiger partial charge in [-0.15, -0.1) is 0 Å². The predicted molar refractivity (Wildman–Crippen MR) is 125 cm³/mol. The number of nitro benzene ring substituents is 1. The van der Waals surface area contributed by atoms with Crippen LogP contribution in [0.4, 0.5) is 17.1 Å². The normalized spacial score (nSPS) is 13.2. The van der Waals surface area contributed by atoms with Gasteiger partial charge in [-0.1, -0.05) is 30.3 Å². The molecule has 4 rings (SSSR count). The topological polar surface area (TPSA) is 198 Å². The van der Waals surface area contributed by atoms with Gasteiger partial charge in [0.2, 0.25) is 5.78 Å². The number of carbonyl (C=O) groups excluding carboxylic acids is 2. The summed E-state index contributed by atoms with van der Waals surface area (Å²) in [6.45, 7) is -0.635. The standard InChI is InChI=1S/C22H16N2O10S2/c25-8-9-35(30,31)13-5-3-4-12(10-13)23-16-11-17(36(32,33)34)20(24(28)29)19-18(16)21(26)14-6-1-2-7-15(14)22(19)27/h1-7,10-11,23,25H,8-9H2,(H,32,33,34). The van der Waals surface area contributed by atoms with Crippen molar-refractivity contribution in [2.75, 3.05) is 17.7 Å². The number of hydrogen-bond acceptors (Lipinski definition) is 10. The molecule has 0 bridgehead atoms. The highest BCUT2D eigenvalue weighted by Crippen LogP contribution is 2.42. The van der Waals surface area contributed by atoms with Gasteiger partial charge in [0.05, 0.1) is 33.4 Å². The Balaban J connectivity index is 2.01. The minimum Gasteiger partial charge on any atom is -0.395 e. The number of hydrogen-bond donors (Lipinski definition) is 3. The van der Waals surface area contributed by atoms with Crippen molar-refractivity contribution in [3.63, 3.8) is 0 Å². The number of nitrogens with one attached hydrogen (secondary N) is 1. The van der Waals surface area contributed by atoms with Crippen molar-refractivity contribution >= 4 is 48.6 Å². The molecular weight excluding hydrogens is 516 g/mol. The van der Waals surface area contributed by atoms with Crippen LogP contribution in [-0.2, 0) is 20.0 Å². The maximum absolute atomic E-state index is 13.4. The van der Waals surface area contributed by atoms with E-state index in [1.54, 1.807) is 0 Å². The number of sulfone groups is 1. The van der Waals surface area contributed by atoms with E-state index in [2.05, 4.69) is 5.32 Å². The van der Waals surface area contributed by atoms with Crippen LogP contribution in [0, 0.1) is 10.1 Å². The van der Waals surface area contributed by atoms with Crippen LogP contribution in [0.3, 0.4) is 0 Å². The zero-order valence-corrected chi connectivity index (χ0v) is 19.7. The molecule has 0 heterocycles. The lowest BCUT2D eigenvalue weighted by molar-refractivity contribution is -0.388. The van der Waals surface area contributed by atoms with E-state index in [4.69, 9.17) is 5.11 Å². The molecular formula is C22H16N2O10S2. The van der Waals surface area contributed by atoms with E-state index in [0.717, 1.165) is 6.07 Å². The predicted octanol–water partition coefficient (Wildman–Crippen LogP) is 2.13. The molecule has 0 fully saturated rings. The fraction of sp³-hybridized carbons (Fsp3) is 0.0909. The third-order valence-electron chi connectivity index (χ3n) is 5.43. The van der Waals surface area contributed by atoms with Crippen molar-refractivity contribution in [1.29, 1.82) is 0 Å². The molecule has 1 aliphatic rings. The van der Waals surface area contributed by atoms with Gasteiger partial charge in [0, 0.05) is 16.8 Å². The summed E-state index contributed by atoms with van der Waals surface area (Å²) in [5.74, 6) is -2.39. The van der Waals surface area contributed by atoms with E-state index in [0.29, 0.717) is 6.07 Å². The van der Waals surface area contributed by atoms with Crippen molar-refractivity contribution < 1.29 is 41.0 Å². The van der Waals surface area contributed by atoms with Gasteiger partial charge >= 0.3 is 15.8 Å². The van der Waals surface area contributed by atoms with E-state index < -0.39 is 70.5 Å². The number of carbonyl (C=O) groups is 2. The summed E-state index contributed by atoms with van der Waals surface area (Å²) in [6.07, 6.45) is 0. The molecule has 3 aromatic carbocycles. The Hall–Kier alpha value is -3.98. The third kappa shape index (κ3) is 4.26. The molecule has 0 aliphatic heterocycles. The summed E-state index contributed by atoms with van der Waals surface area (Å²) < 4.78 is 58.5. The van der Waals surface area contributed by atoms with E-state index in [1.807, 2.05) is 0 Å². The molecule has 36 heavy (non-hydrogen) atoms. The summed E-state index contributed by atoms with van der Waals surface area (Å²) in [6, 6.07) is 11.2. The van der Waals surface area contributed by atoms with Crippen molar-refractivity contribution in [3.05, 3.63) is 87.0 Å². The summed E-state index contributed by atoms with van der Waals surface area (Å²) in [5, 5.41) is 23.5. The van der Waals surface area contributed by atoms with Crippen LogP contribution in [0.5, 0.6) is 0 Å². The van der Waals surface area contributed by atoms with E-state index in [-0.39, 0.29) is 27.4 Å². The molecule has 0 saturated heterocycles. The SMILES string of the molecule is O=C1c2ccccc2C(=O)c2c1c(Nc1cccc(S(=O)(=O)CCO)c1)cc(S(=O)(=O)O)c2[N+](=O)[O-]. The molecule has 0 saturated carbocycles. The lowest BCUT2D eigenvalue weighted by Gasteiger charge is -2.22. The highest BCUT2D eigenvalue weighted by Gasteiger charge is 2.42. The number of nitrogens with zero attached hydrogens (tertiary/aromatic N) is 1. The Morgan fingerprint density at radius 1 is 0.889 bits per heavy atom. The number of fused-ring (bicyclic) bond motifs is 2. The molecule has 12 nitrogen and oxygen atoms in total. The molecule has 3 aromatic rings. The number of benzene rings is 3. The first-order chi connectivity index (χ1) is 16.9. The van der Waals surface area contributed by atoms with Gasteiger partial charge in [-0.25, -0.2) is 8.42 Å². The highest BCUT2D eigenvalue weighted by molar-refractivity contribution is 7.91. The first-order valence-electron chi connectivity index (χ1n) is 10.1. The first kappa shape index (κ1) is 25.1. The average molecular weight is 533 g/mol. The number of nitro groups is 1. The molecule has 1 aliphatic carbocycles. The second-order valence-electron chi connectivity index (χ2n) is 7.65. The Labute approximate surface area is 204 Å². The van der Waals surface area contributed by atoms with Crippen LogP contribution >= 0.6 is 0 Å². The zero-order chi connectivity index (χ0) is 26.4. The number of rotatable bonds is 7. The monoisotopic (exact) mass is 532 g/mol. The van der Waals surface area contributed by atoms with Crippen LogP contribution in [0.2, 0.25) is 0 Å². The molecule has 14 heteroatoms. The average Bonchev–Trinajstić information content (AvgIpc) is 2.81. The van der Waals surface area contributed by atoms with Gasteiger partial charge < -0.3 is 10.4 Å². The summed E-state index contributed by atoms with van der Waals surface area (Å²) in [4.78, 5) is 35.9. The van der Waals surface area contributed by atoms with Crippen LogP contribution in [0.25, 0.3) is 0 Å². The molecule has 0 aromatic heterocycles. The number of aliphatic hydroxyl groups excluding tert-OH is 1.